The van der Waals surface area contributed by atoms with Crippen LogP contribution in [0.4, 0.5) is 0 Å². The van der Waals surface area contributed by atoms with Crippen LogP contribution in [0.2, 0.25) is 0 Å². The van der Waals surface area contributed by atoms with E-state index in [1.807, 2.05) is 6.07 Å². The van der Waals surface area contributed by atoms with E-state index in [1.54, 1.807) is 0 Å². The monoisotopic (exact) mass is 275 g/mol. The lowest BCUT2D eigenvalue weighted by molar-refractivity contribution is 0.109. The van der Waals surface area contributed by atoms with Crippen molar-refractivity contribution in [3.63, 3.8) is 0 Å². The van der Waals surface area contributed by atoms with Gasteiger partial charge in [-0.1, -0.05) is 44.2 Å². The van der Waals surface area contributed by atoms with Crippen molar-refractivity contribution in [3.8, 4) is 0 Å². The third-order valence-corrected chi connectivity index (χ3v) is 5.03. The van der Waals surface area contributed by atoms with Crippen molar-refractivity contribution in [3.05, 3.63) is 35.9 Å². The van der Waals surface area contributed by atoms with Crippen molar-refractivity contribution < 1.29 is 5.11 Å². The first-order valence-corrected chi connectivity index (χ1v) is 7.92. The van der Waals surface area contributed by atoms with Gasteiger partial charge in [0.2, 0.25) is 0 Å². The van der Waals surface area contributed by atoms with Gasteiger partial charge < -0.3 is 10.0 Å². The first-order valence-electron chi connectivity index (χ1n) is 7.92. The van der Waals surface area contributed by atoms with Crippen LogP contribution in [0, 0.1) is 5.92 Å². The zero-order chi connectivity index (χ0) is 14.6. The molecule has 2 heteroatoms. The molecule has 20 heavy (non-hydrogen) atoms. The van der Waals surface area contributed by atoms with Crippen LogP contribution in [0.5, 0.6) is 0 Å². The van der Waals surface area contributed by atoms with Crippen LogP contribution in [-0.4, -0.2) is 36.2 Å². The van der Waals surface area contributed by atoms with E-state index in [0.717, 1.165) is 12.5 Å². The highest BCUT2D eigenvalue weighted by molar-refractivity contribution is 5.25. The molecular formula is C18H29NO. The highest BCUT2D eigenvalue weighted by Gasteiger charge is 2.31. The normalized spacial score (nSPS) is 26.4. The smallest absolute Gasteiger partial charge is 0.0537 e. The predicted octanol–water partition coefficient (Wildman–Crippen LogP) is 3.45. The van der Waals surface area contributed by atoms with E-state index in [9.17, 15) is 5.11 Å². The van der Waals surface area contributed by atoms with Gasteiger partial charge in [0.25, 0.3) is 0 Å². The Morgan fingerprint density at radius 3 is 2.30 bits per heavy atom. The predicted molar refractivity (Wildman–Crippen MR) is 84.9 cm³/mol. The van der Waals surface area contributed by atoms with Crippen LogP contribution >= 0.6 is 0 Å². The summed E-state index contributed by atoms with van der Waals surface area (Å²) in [4.78, 5) is 2.47. The number of hydrogen-bond acceptors (Lipinski definition) is 2. The quantitative estimate of drug-likeness (QED) is 0.889. The number of hydrogen-bond donors (Lipinski definition) is 1. The minimum Gasteiger partial charge on any atom is -0.395 e. The highest BCUT2D eigenvalue weighted by Crippen LogP contribution is 2.30. The molecule has 0 bridgehead atoms. The summed E-state index contributed by atoms with van der Waals surface area (Å²) in [6.45, 7) is 5.65. The van der Waals surface area contributed by atoms with E-state index in [2.05, 4.69) is 50.1 Å². The van der Waals surface area contributed by atoms with Gasteiger partial charge in [-0.3, -0.25) is 0 Å². The summed E-state index contributed by atoms with van der Waals surface area (Å²) in [7, 11) is 2.22. The molecule has 1 N–H and O–H groups in total. The lowest BCUT2D eigenvalue weighted by atomic mass is 9.81. The van der Waals surface area contributed by atoms with Gasteiger partial charge >= 0.3 is 0 Å². The maximum atomic E-state index is 9.90. The van der Waals surface area contributed by atoms with Crippen molar-refractivity contribution in [1.29, 1.82) is 0 Å². The molecule has 1 saturated carbocycles. The lowest BCUT2D eigenvalue weighted by Gasteiger charge is -2.39. The molecule has 112 valence electrons. The number of rotatable bonds is 5. The van der Waals surface area contributed by atoms with Crippen LogP contribution < -0.4 is 0 Å². The Hall–Kier alpha value is -0.860. The summed E-state index contributed by atoms with van der Waals surface area (Å²) in [5.41, 5.74) is 1.07. The number of benzene rings is 1. The fourth-order valence-corrected chi connectivity index (χ4v) is 3.44. The van der Waals surface area contributed by atoms with E-state index in [1.165, 1.54) is 31.2 Å². The number of likely N-dealkylation sites (N-methyl/N-ethyl adjacent to an activating group) is 1. The Morgan fingerprint density at radius 1 is 1.15 bits per heavy atom. The van der Waals surface area contributed by atoms with Crippen LogP contribution in [0.25, 0.3) is 0 Å². The van der Waals surface area contributed by atoms with Gasteiger partial charge in [-0.05, 0) is 44.2 Å². The molecule has 0 aromatic heterocycles. The zero-order valence-electron chi connectivity index (χ0n) is 13.2. The molecule has 1 aliphatic carbocycles. The van der Waals surface area contributed by atoms with Crippen molar-refractivity contribution in [2.75, 3.05) is 20.2 Å². The van der Waals surface area contributed by atoms with E-state index in [-0.39, 0.29) is 12.0 Å². The zero-order valence-corrected chi connectivity index (χ0v) is 13.2. The Labute approximate surface area is 123 Å². The molecule has 0 saturated heterocycles. The third kappa shape index (κ3) is 3.62. The molecule has 0 spiro atoms. The fraction of sp³-hybridized carbons (Fsp3) is 0.667. The average Bonchev–Trinajstić information content (AvgIpc) is 2.48. The van der Waals surface area contributed by atoms with E-state index in [0.29, 0.717) is 6.04 Å². The molecule has 1 aliphatic rings. The molecule has 1 atom stereocenters. The molecule has 2 rings (SSSR count). The maximum Gasteiger partial charge on any atom is 0.0537 e. The van der Waals surface area contributed by atoms with Crippen molar-refractivity contribution in [2.24, 2.45) is 5.92 Å². The number of aliphatic hydroxyl groups excluding tert-OH is 1. The Balaban J connectivity index is 2.02. The van der Waals surface area contributed by atoms with Crippen molar-refractivity contribution in [2.45, 2.75) is 51.0 Å². The molecule has 1 aromatic carbocycles. The third-order valence-electron chi connectivity index (χ3n) is 5.03. The standard InChI is InChI=1S/C18H29NO/c1-15-9-11-17(12-10-15)19(3)13-18(2,14-20)16-7-5-4-6-8-16/h4-8,15,17,20H,9-14H2,1-3H3. The second-order valence-corrected chi connectivity index (χ2v) is 6.91. The first-order chi connectivity index (χ1) is 9.55. The van der Waals surface area contributed by atoms with Crippen molar-refractivity contribution >= 4 is 0 Å². The average molecular weight is 275 g/mol. The van der Waals surface area contributed by atoms with Gasteiger partial charge in [-0.25, -0.2) is 0 Å². The minimum atomic E-state index is -0.168. The van der Waals surface area contributed by atoms with Gasteiger partial charge in [0.1, 0.15) is 0 Å². The summed E-state index contributed by atoms with van der Waals surface area (Å²) in [5, 5.41) is 9.90. The SMILES string of the molecule is CC1CCC(N(C)CC(C)(CO)c2ccccc2)CC1. The van der Waals surface area contributed by atoms with Gasteiger partial charge in [0.15, 0.2) is 0 Å². The van der Waals surface area contributed by atoms with E-state index in [4.69, 9.17) is 0 Å². The summed E-state index contributed by atoms with van der Waals surface area (Å²) in [6, 6.07) is 11.1. The molecule has 1 unspecified atom stereocenters. The second-order valence-electron chi connectivity index (χ2n) is 6.91. The Morgan fingerprint density at radius 2 is 1.75 bits per heavy atom. The number of nitrogens with zero attached hydrogens (tertiary/aromatic N) is 1. The van der Waals surface area contributed by atoms with Gasteiger partial charge in [0.05, 0.1) is 6.61 Å². The van der Waals surface area contributed by atoms with E-state index < -0.39 is 0 Å². The van der Waals surface area contributed by atoms with Gasteiger partial charge in [-0.15, -0.1) is 0 Å². The van der Waals surface area contributed by atoms with Crippen LogP contribution in [0.15, 0.2) is 30.3 Å². The van der Waals surface area contributed by atoms with Gasteiger partial charge in [-0.2, -0.15) is 0 Å². The summed E-state index contributed by atoms with van der Waals surface area (Å²) < 4.78 is 0. The first kappa shape index (κ1) is 15.5. The minimum absolute atomic E-state index is 0.168. The molecule has 0 heterocycles. The van der Waals surface area contributed by atoms with Crippen molar-refractivity contribution in [1.82, 2.24) is 4.90 Å². The molecule has 1 aromatic rings. The molecule has 2 nitrogen and oxygen atoms in total. The number of aliphatic hydroxyl groups is 1. The summed E-state index contributed by atoms with van der Waals surface area (Å²) in [6.07, 6.45) is 5.29. The maximum absolute atomic E-state index is 9.90. The lowest BCUT2D eigenvalue weighted by Crippen LogP contribution is -2.45. The van der Waals surface area contributed by atoms with E-state index >= 15 is 0 Å². The van der Waals surface area contributed by atoms with Crippen LogP contribution in [0.1, 0.15) is 45.1 Å². The Kier molecular flexibility index (Phi) is 5.22. The molecular weight excluding hydrogens is 246 g/mol. The topological polar surface area (TPSA) is 23.5 Å². The van der Waals surface area contributed by atoms with Crippen LogP contribution in [-0.2, 0) is 5.41 Å². The largest absolute Gasteiger partial charge is 0.395 e. The second kappa shape index (κ2) is 6.73. The van der Waals surface area contributed by atoms with Gasteiger partial charge in [0, 0.05) is 18.0 Å². The molecule has 0 aliphatic heterocycles. The summed E-state index contributed by atoms with van der Waals surface area (Å²) in [5.74, 6) is 0.887. The molecule has 0 radical (unpaired) electrons. The molecule has 0 amide bonds. The fourth-order valence-electron chi connectivity index (χ4n) is 3.44. The highest BCUT2D eigenvalue weighted by atomic mass is 16.3. The van der Waals surface area contributed by atoms with Crippen LogP contribution in [0.3, 0.4) is 0 Å². The Bertz CT molecular complexity index is 397. The molecule has 1 fully saturated rings. The summed E-state index contributed by atoms with van der Waals surface area (Å²) >= 11 is 0.